The zero-order chi connectivity index (χ0) is 14.6. The van der Waals surface area contributed by atoms with Gasteiger partial charge in [0, 0.05) is 18.2 Å². The van der Waals surface area contributed by atoms with Crippen molar-refractivity contribution in [2.24, 2.45) is 0 Å². The molecule has 104 valence electrons. The molecule has 19 heavy (non-hydrogen) atoms. The summed E-state index contributed by atoms with van der Waals surface area (Å²) >= 11 is 0. The van der Waals surface area contributed by atoms with Gasteiger partial charge in [-0.05, 0) is 33.8 Å². The van der Waals surface area contributed by atoms with E-state index in [1.807, 2.05) is 27.7 Å². The number of hydrogen-bond donors (Lipinski definition) is 2. The van der Waals surface area contributed by atoms with Crippen LogP contribution in [0.4, 0.5) is 11.4 Å². The number of hydrogen-bond acceptors (Lipinski definition) is 4. The van der Waals surface area contributed by atoms with Gasteiger partial charge in [0.05, 0.1) is 10.5 Å². The van der Waals surface area contributed by atoms with Crippen LogP contribution in [0.25, 0.3) is 0 Å². The van der Waals surface area contributed by atoms with Crippen molar-refractivity contribution in [3.8, 4) is 0 Å². The van der Waals surface area contributed by atoms with Crippen molar-refractivity contribution in [3.05, 3.63) is 33.9 Å². The predicted octanol–water partition coefficient (Wildman–Crippen LogP) is 2.55. The summed E-state index contributed by atoms with van der Waals surface area (Å²) in [6, 6.07) is 4.47. The molecule has 0 fully saturated rings. The smallest absolute Gasteiger partial charge is 0.293 e. The van der Waals surface area contributed by atoms with Gasteiger partial charge in [0.2, 0.25) is 0 Å². The lowest BCUT2D eigenvalue weighted by Crippen LogP contribution is -2.40. The summed E-state index contributed by atoms with van der Waals surface area (Å²) in [5.74, 6) is -0.327. The van der Waals surface area contributed by atoms with E-state index in [1.54, 1.807) is 6.07 Å². The van der Waals surface area contributed by atoms with Crippen molar-refractivity contribution in [3.63, 3.8) is 0 Å². The molecule has 0 radical (unpaired) electrons. The van der Waals surface area contributed by atoms with E-state index in [1.165, 1.54) is 12.1 Å². The standard InChI is InChI=1S/C13H19N3O3/c1-5-14-11-9(12(17)15-13(2,3)4)7-6-8-10(11)16(18)19/h6-8,14H,5H2,1-4H3,(H,15,17). The third-order valence-electron chi connectivity index (χ3n) is 2.33. The zero-order valence-electron chi connectivity index (χ0n) is 11.6. The molecule has 1 aromatic rings. The average molecular weight is 265 g/mol. The molecular formula is C13H19N3O3. The van der Waals surface area contributed by atoms with Crippen molar-refractivity contribution < 1.29 is 9.72 Å². The topological polar surface area (TPSA) is 84.3 Å². The molecule has 1 amide bonds. The molecule has 0 atom stereocenters. The minimum Gasteiger partial charge on any atom is -0.379 e. The highest BCUT2D eigenvalue weighted by atomic mass is 16.6. The van der Waals surface area contributed by atoms with Crippen LogP contribution in [0.15, 0.2) is 18.2 Å². The summed E-state index contributed by atoms with van der Waals surface area (Å²) in [5, 5.41) is 16.7. The highest BCUT2D eigenvalue weighted by molar-refractivity contribution is 6.01. The molecule has 0 spiro atoms. The third kappa shape index (κ3) is 3.94. The molecule has 0 aliphatic rings. The maximum Gasteiger partial charge on any atom is 0.293 e. The molecule has 1 rings (SSSR count). The van der Waals surface area contributed by atoms with Crippen molar-refractivity contribution >= 4 is 17.3 Å². The average Bonchev–Trinajstić information content (AvgIpc) is 2.26. The van der Waals surface area contributed by atoms with E-state index >= 15 is 0 Å². The van der Waals surface area contributed by atoms with Crippen LogP contribution in [0, 0.1) is 10.1 Å². The van der Waals surface area contributed by atoms with E-state index in [-0.39, 0.29) is 22.8 Å². The van der Waals surface area contributed by atoms with E-state index in [0.29, 0.717) is 6.54 Å². The van der Waals surface area contributed by atoms with Gasteiger partial charge in [0.25, 0.3) is 11.6 Å². The van der Waals surface area contributed by atoms with Crippen LogP contribution in [-0.4, -0.2) is 22.9 Å². The molecule has 0 aliphatic carbocycles. The first kappa shape index (κ1) is 14.9. The van der Waals surface area contributed by atoms with E-state index in [0.717, 1.165) is 0 Å². The van der Waals surface area contributed by atoms with Gasteiger partial charge in [-0.2, -0.15) is 0 Å². The lowest BCUT2D eigenvalue weighted by molar-refractivity contribution is -0.384. The van der Waals surface area contributed by atoms with Crippen LogP contribution in [0.5, 0.6) is 0 Å². The summed E-state index contributed by atoms with van der Waals surface area (Å²) in [5.41, 5.74) is 0.0525. The third-order valence-corrected chi connectivity index (χ3v) is 2.33. The van der Waals surface area contributed by atoms with Gasteiger partial charge in [-0.1, -0.05) is 6.07 Å². The number of anilines is 1. The van der Waals surface area contributed by atoms with Gasteiger partial charge in [0.15, 0.2) is 0 Å². The summed E-state index contributed by atoms with van der Waals surface area (Å²) in [6.07, 6.45) is 0. The first-order chi connectivity index (χ1) is 8.76. The van der Waals surface area contributed by atoms with E-state index in [2.05, 4.69) is 10.6 Å². The number of nitro benzene ring substituents is 1. The van der Waals surface area contributed by atoms with Crippen LogP contribution >= 0.6 is 0 Å². The first-order valence-electron chi connectivity index (χ1n) is 6.10. The zero-order valence-corrected chi connectivity index (χ0v) is 11.6. The molecular weight excluding hydrogens is 246 g/mol. The maximum absolute atomic E-state index is 12.2. The summed E-state index contributed by atoms with van der Waals surface area (Å²) < 4.78 is 0. The minimum absolute atomic E-state index is 0.0941. The highest BCUT2D eigenvalue weighted by Gasteiger charge is 2.23. The Bertz CT molecular complexity index is 492. The van der Waals surface area contributed by atoms with Crippen molar-refractivity contribution in [1.82, 2.24) is 5.32 Å². The fraction of sp³-hybridized carbons (Fsp3) is 0.462. The van der Waals surface area contributed by atoms with Crippen LogP contribution in [-0.2, 0) is 0 Å². The summed E-state index contributed by atoms with van der Waals surface area (Å²) in [6.45, 7) is 7.89. The second-order valence-corrected chi connectivity index (χ2v) is 5.19. The Morgan fingerprint density at radius 1 is 1.37 bits per heavy atom. The molecule has 6 nitrogen and oxygen atoms in total. The molecule has 0 heterocycles. The molecule has 2 N–H and O–H groups in total. The Morgan fingerprint density at radius 3 is 2.47 bits per heavy atom. The van der Waals surface area contributed by atoms with Gasteiger partial charge < -0.3 is 10.6 Å². The van der Waals surface area contributed by atoms with Crippen LogP contribution < -0.4 is 10.6 Å². The number of benzene rings is 1. The van der Waals surface area contributed by atoms with Gasteiger partial charge in [-0.3, -0.25) is 14.9 Å². The number of amides is 1. The van der Waals surface area contributed by atoms with Gasteiger partial charge in [0.1, 0.15) is 5.69 Å². The van der Waals surface area contributed by atoms with E-state index < -0.39 is 10.5 Å². The molecule has 1 aromatic carbocycles. The highest BCUT2D eigenvalue weighted by Crippen LogP contribution is 2.28. The summed E-state index contributed by atoms with van der Waals surface area (Å²) in [4.78, 5) is 22.7. The molecule has 0 saturated carbocycles. The SMILES string of the molecule is CCNc1c(C(=O)NC(C)(C)C)cccc1[N+](=O)[O-]. The molecule has 6 heteroatoms. The Hall–Kier alpha value is -2.11. The van der Waals surface area contributed by atoms with Crippen molar-refractivity contribution in [1.29, 1.82) is 0 Å². The number of carbonyl (C=O) groups excluding carboxylic acids is 1. The second-order valence-electron chi connectivity index (χ2n) is 5.19. The lowest BCUT2D eigenvalue weighted by atomic mass is 10.1. The fourth-order valence-electron chi connectivity index (χ4n) is 1.65. The van der Waals surface area contributed by atoms with Crippen molar-refractivity contribution in [2.45, 2.75) is 33.2 Å². The lowest BCUT2D eigenvalue weighted by Gasteiger charge is -2.21. The molecule has 0 bridgehead atoms. The Balaban J connectivity index is 3.23. The minimum atomic E-state index is -0.494. The number of carbonyl (C=O) groups is 1. The largest absolute Gasteiger partial charge is 0.379 e. The van der Waals surface area contributed by atoms with Gasteiger partial charge in [-0.25, -0.2) is 0 Å². The number of nitro groups is 1. The normalized spacial score (nSPS) is 10.9. The van der Waals surface area contributed by atoms with Crippen LogP contribution in [0.2, 0.25) is 0 Å². The molecule has 0 saturated heterocycles. The Kier molecular flexibility index (Phi) is 4.47. The quantitative estimate of drug-likeness (QED) is 0.647. The van der Waals surface area contributed by atoms with E-state index in [9.17, 15) is 14.9 Å². The van der Waals surface area contributed by atoms with Gasteiger partial charge in [-0.15, -0.1) is 0 Å². The molecule has 0 unspecified atom stereocenters. The monoisotopic (exact) mass is 265 g/mol. The fourth-order valence-corrected chi connectivity index (χ4v) is 1.65. The maximum atomic E-state index is 12.2. The molecule has 0 aromatic heterocycles. The predicted molar refractivity (Wildman–Crippen MR) is 74.5 cm³/mol. The Labute approximate surface area is 112 Å². The number of nitrogens with zero attached hydrogens (tertiary/aromatic N) is 1. The van der Waals surface area contributed by atoms with Crippen LogP contribution in [0.1, 0.15) is 38.1 Å². The Morgan fingerprint density at radius 2 is 2.00 bits per heavy atom. The van der Waals surface area contributed by atoms with Crippen molar-refractivity contribution in [2.75, 3.05) is 11.9 Å². The number of para-hydroxylation sites is 1. The second kappa shape index (κ2) is 5.69. The van der Waals surface area contributed by atoms with Gasteiger partial charge >= 0.3 is 0 Å². The van der Waals surface area contributed by atoms with Crippen LogP contribution in [0.3, 0.4) is 0 Å². The number of rotatable bonds is 4. The summed E-state index contributed by atoms with van der Waals surface area (Å²) in [7, 11) is 0. The number of nitrogens with one attached hydrogen (secondary N) is 2. The first-order valence-corrected chi connectivity index (χ1v) is 6.10. The van der Waals surface area contributed by atoms with E-state index in [4.69, 9.17) is 0 Å². The molecule has 0 aliphatic heterocycles.